The van der Waals surface area contributed by atoms with Crippen LogP contribution in [-0.2, 0) is 87.8 Å². The molecule has 10 aromatic rings. The zero-order valence-electron chi connectivity index (χ0n) is 73.3. The molecule has 0 unspecified atom stereocenters. The molecule has 0 spiro atoms. The Morgan fingerprint density at radius 1 is 0.652 bits per heavy atom. The molecule has 3 fully saturated rings. The second-order valence-corrected chi connectivity index (χ2v) is 34.6. The molecule has 688 valence electrons. The number of aromatic amines is 1. The molecule has 8 amide bonds. The number of aliphatic carboxylic acids is 1. The summed E-state index contributed by atoms with van der Waals surface area (Å²) in [6, 6.07) is 50.6. The number of methoxy groups -OCH3 is 1. The number of rotatable bonds is 43. The number of ether oxygens (including phenoxy) is 5. The van der Waals surface area contributed by atoms with Crippen LogP contribution in [0.3, 0.4) is 0 Å². The van der Waals surface area contributed by atoms with Crippen LogP contribution in [-0.4, -0.2) is 226 Å². The van der Waals surface area contributed by atoms with Crippen molar-refractivity contribution in [1.29, 1.82) is 0 Å². The zero-order chi connectivity index (χ0) is 92.7. The van der Waals surface area contributed by atoms with Gasteiger partial charge in [-0.2, -0.15) is 0 Å². The molecule has 7 heterocycles. The Balaban J connectivity index is 0.568. The predicted octanol–water partition coefficient (Wildman–Crippen LogP) is 6.38. The number of benzene rings is 6. The van der Waals surface area contributed by atoms with Crippen LogP contribution in [0.25, 0.3) is 38.6 Å². The number of likely N-dealkylation sites (tertiary alicyclic amines) is 1. The number of nitrogens with zero attached hydrogens (tertiary/aromatic N) is 8. The van der Waals surface area contributed by atoms with E-state index in [0.717, 1.165) is 88.0 Å². The monoisotopic (exact) mass is 1830 g/mol. The van der Waals surface area contributed by atoms with E-state index in [1.807, 2.05) is 121 Å². The van der Waals surface area contributed by atoms with E-state index < -0.39 is 109 Å². The van der Waals surface area contributed by atoms with Crippen LogP contribution in [0.2, 0.25) is 0 Å². The van der Waals surface area contributed by atoms with Gasteiger partial charge in [-0.3, -0.25) is 62.2 Å². The van der Waals surface area contributed by atoms with Crippen LogP contribution < -0.4 is 63.7 Å². The molecule has 132 heavy (non-hydrogen) atoms. The van der Waals surface area contributed by atoms with Crippen molar-refractivity contribution < 1.29 is 71.9 Å². The number of carbonyl (C=O) groups excluding carboxylic acids is 8. The van der Waals surface area contributed by atoms with Crippen molar-refractivity contribution in [3.05, 3.63) is 252 Å². The summed E-state index contributed by atoms with van der Waals surface area (Å²) in [5, 5.41) is 29.6. The third-order valence-electron chi connectivity index (χ3n) is 23.2. The van der Waals surface area contributed by atoms with Gasteiger partial charge in [-0.1, -0.05) is 138 Å². The van der Waals surface area contributed by atoms with Gasteiger partial charge in [-0.15, -0.1) is 0 Å². The maximum absolute atomic E-state index is 14.1. The average molecular weight is 1830 g/mol. The minimum atomic E-state index is -1.42. The number of carbonyl (C=O) groups is 9. The SMILES string of the molecule is COc1ccc(C#CCNC2(C)CCN(C3CCN(c4nc([C@@](COCNC(=O)CNC(=O)[C@H](Cc5ccccc5)NC(=O)CNC(=O)CNC(=O)CCOCCOCCN5C(=O)C(Sc6ccccc6)=C(Sc6ccccc6)C5=O)(OC5CC5)c5ccccc5)c5cc(-c6cn(C)c(=O)c7[nH]ccc67)ccc5n4)CC3)CC2)cc1-n1ccc(=O)n(CNC(=O)CCC(=O)O)c1=O. The Morgan fingerprint density at radius 2 is 1.30 bits per heavy atom. The molecule has 1 saturated carbocycles. The number of H-pyrrole nitrogens is 1. The van der Waals surface area contributed by atoms with Crippen LogP contribution in [0.5, 0.6) is 5.75 Å². The molecule has 6 aromatic carbocycles. The number of imide groups is 1. The van der Waals surface area contributed by atoms with Crippen LogP contribution in [0.1, 0.15) is 87.1 Å². The first-order valence-corrected chi connectivity index (χ1v) is 45.3. The van der Waals surface area contributed by atoms with E-state index in [9.17, 15) is 57.5 Å². The van der Waals surface area contributed by atoms with Crippen molar-refractivity contribution in [3.63, 3.8) is 0 Å². The Morgan fingerprint density at radius 3 is 1.98 bits per heavy atom. The molecule has 3 aliphatic heterocycles. The topological polar surface area (TPSA) is 422 Å². The van der Waals surface area contributed by atoms with Gasteiger partial charge in [0, 0.05) is 120 Å². The maximum Gasteiger partial charge on any atom is 0.337 e. The number of hydrogen-bond donors (Lipinski definition) is 9. The number of carboxylic acids is 1. The largest absolute Gasteiger partial charge is 0.495 e. The van der Waals surface area contributed by atoms with Gasteiger partial charge in [0.05, 0.1) is 112 Å². The number of thioether (sulfide) groups is 2. The highest BCUT2D eigenvalue weighted by atomic mass is 32.2. The number of hydrogen-bond acceptors (Lipinski definition) is 24. The number of anilines is 1. The van der Waals surface area contributed by atoms with Gasteiger partial charge in [0.1, 0.15) is 30.7 Å². The van der Waals surface area contributed by atoms with Crippen LogP contribution in [0.15, 0.2) is 222 Å². The van der Waals surface area contributed by atoms with Crippen molar-refractivity contribution in [1.82, 2.24) is 75.7 Å². The van der Waals surface area contributed by atoms with Gasteiger partial charge in [-0.25, -0.2) is 19.3 Å². The fraction of sp³-hybridized carbons (Fsp3) is 0.354. The first-order valence-electron chi connectivity index (χ1n) is 43.6. The fourth-order valence-electron chi connectivity index (χ4n) is 15.8. The molecule has 4 aliphatic rings. The lowest BCUT2D eigenvalue weighted by molar-refractivity contribution is -0.139. The van der Waals surface area contributed by atoms with Gasteiger partial charge in [-0.05, 0) is 123 Å². The molecule has 34 nitrogen and oxygen atoms in total. The Hall–Kier alpha value is -13.4. The van der Waals surface area contributed by atoms with Crippen LogP contribution in [0.4, 0.5) is 5.95 Å². The van der Waals surface area contributed by atoms with Crippen molar-refractivity contribution >= 4 is 105 Å². The average Bonchev–Trinajstić information content (AvgIpc) is 0.915. The third-order valence-corrected chi connectivity index (χ3v) is 25.5. The van der Waals surface area contributed by atoms with E-state index in [-0.39, 0.29) is 88.8 Å². The summed E-state index contributed by atoms with van der Waals surface area (Å²) in [5.74, 6) is 1.50. The summed E-state index contributed by atoms with van der Waals surface area (Å²) in [5.41, 5.74) is 2.31. The summed E-state index contributed by atoms with van der Waals surface area (Å²) >= 11 is 2.48. The molecule has 9 N–H and O–H groups in total. The summed E-state index contributed by atoms with van der Waals surface area (Å²) < 4.78 is 34.4. The predicted molar refractivity (Wildman–Crippen MR) is 495 cm³/mol. The van der Waals surface area contributed by atoms with E-state index in [1.54, 1.807) is 66.3 Å². The molecular weight excluding hydrogens is 1730 g/mol. The van der Waals surface area contributed by atoms with Crippen LogP contribution in [0, 0.1) is 11.8 Å². The smallest absolute Gasteiger partial charge is 0.337 e. The van der Waals surface area contributed by atoms with Gasteiger partial charge in [0.2, 0.25) is 41.4 Å². The number of aromatic nitrogens is 6. The first-order chi connectivity index (χ1) is 64.0. The second-order valence-electron chi connectivity index (χ2n) is 32.5. The molecule has 36 heteroatoms. The van der Waals surface area contributed by atoms with Crippen LogP contribution >= 0.6 is 23.5 Å². The fourth-order valence-corrected chi connectivity index (χ4v) is 17.9. The highest BCUT2D eigenvalue weighted by Gasteiger charge is 2.46. The van der Waals surface area contributed by atoms with Gasteiger partial charge in [0.25, 0.3) is 22.9 Å². The van der Waals surface area contributed by atoms with Gasteiger partial charge >= 0.3 is 11.7 Å². The van der Waals surface area contributed by atoms with Crippen molar-refractivity contribution in [2.75, 3.05) is 111 Å². The van der Waals surface area contributed by atoms with E-state index in [0.29, 0.717) is 80.1 Å². The van der Waals surface area contributed by atoms with E-state index in [2.05, 4.69) is 70.8 Å². The Labute approximate surface area is 768 Å². The molecule has 0 radical (unpaired) electrons. The number of fused-ring (bicyclic) bond motifs is 2. The van der Waals surface area contributed by atoms with Crippen molar-refractivity contribution in [2.45, 2.75) is 117 Å². The molecule has 2 saturated heterocycles. The highest BCUT2D eigenvalue weighted by Crippen LogP contribution is 2.46. The quantitative estimate of drug-likeness (QED) is 0.00866. The summed E-state index contributed by atoms with van der Waals surface area (Å²) in [4.78, 5) is 180. The minimum absolute atomic E-state index is 0.00517. The van der Waals surface area contributed by atoms with E-state index >= 15 is 0 Å². The molecule has 2 atom stereocenters. The molecule has 14 rings (SSSR count). The third kappa shape index (κ3) is 24.6. The molecule has 0 bridgehead atoms. The molecule has 4 aromatic heterocycles. The number of piperidine rings is 2. The Kier molecular flexibility index (Phi) is 32.3. The number of nitrogens with one attached hydrogen (secondary N) is 8. The van der Waals surface area contributed by atoms with Gasteiger partial charge < -0.3 is 85.4 Å². The summed E-state index contributed by atoms with van der Waals surface area (Å²) in [7, 11) is 3.17. The first kappa shape index (κ1) is 94.7. The molecular formula is C96H104N16O18S2. The van der Waals surface area contributed by atoms with E-state index in [1.165, 1.54) is 52.4 Å². The van der Waals surface area contributed by atoms with E-state index in [4.69, 9.17) is 38.8 Å². The number of amides is 8. The Bertz CT molecular complexity index is 6080. The normalized spacial score (nSPS) is 15.3. The van der Waals surface area contributed by atoms with Crippen molar-refractivity contribution in [2.24, 2.45) is 7.05 Å². The lowest BCUT2D eigenvalue weighted by Crippen LogP contribution is -2.55. The number of pyridine rings is 1. The second kappa shape index (κ2) is 45.0. The van der Waals surface area contributed by atoms with Crippen molar-refractivity contribution in [3.8, 4) is 34.4 Å². The lowest BCUT2D eigenvalue weighted by Gasteiger charge is -2.45. The number of carboxylic acid groups (broad SMARTS) is 1. The highest BCUT2D eigenvalue weighted by molar-refractivity contribution is 8.08. The lowest BCUT2D eigenvalue weighted by atomic mass is 9.87. The number of aryl methyl sites for hydroxylation is 1. The minimum Gasteiger partial charge on any atom is -0.495 e. The molecule has 1 aliphatic carbocycles. The summed E-state index contributed by atoms with van der Waals surface area (Å²) in [6.07, 6.45) is 8.82. The maximum atomic E-state index is 14.1. The summed E-state index contributed by atoms with van der Waals surface area (Å²) in [6.45, 7) is 3.41. The standard InChI is InChI=1S/C96H104N16O18S2/c1-95(103-41-16-19-64-26-31-77(126-3)76(54-64)110-45-37-83(118)112(94(110)125)61-101-78(113)32-33-84(119)120)39-46-108(47-40-95)67-35-43-109(44-36-67)93-105-74-30-27-65(73-59-107(2)90(122)85-71(73)34-42-97-85)55-72(74)88(106-93)96(130-68-28-29-68,66-20-10-5-11-21-66)60-129-62-102-81(116)57-100-89(121)75(53-63-17-8-4-9-18-63)104-82(117)58-99-80(115)56-98-79(114)38-49-127-51-52-128-50-48-111-91(123)86(131-69-22-12-6-13-23-69)87(92(111)124)132-70-24-14-7-15-25-70/h4-15,17-18,20-27,30-31,34,37,42,45,54-55,59,67-68,75,97,103H,28-29,32-33,35-36,38-41,43-44,46-53,56-58,60-62H2,1-3H3,(H,98,114)(H,99,115)(H,100,121)(H,101,113)(H,102,116)(H,104,117)(H,119,120)/t75-,96-/m0/s1. The zero-order valence-corrected chi connectivity index (χ0v) is 74.9. The van der Waals surface area contributed by atoms with Gasteiger partial charge in [0.15, 0.2) is 5.60 Å².